The van der Waals surface area contributed by atoms with Crippen molar-refractivity contribution in [3.05, 3.63) is 12.0 Å². The predicted molar refractivity (Wildman–Crippen MR) is 27.8 cm³/mol. The third-order valence-corrected chi connectivity index (χ3v) is 0.606. The molecule has 0 unspecified atom stereocenters. The molecule has 2 nitrogen and oxygen atoms in total. The molecule has 0 N–H and O–H groups in total. The molecule has 0 atom stereocenters. The largest absolute Gasteiger partial charge is 0.501 e. The van der Waals surface area contributed by atoms with Gasteiger partial charge in [0.1, 0.15) is 12.0 Å². The van der Waals surface area contributed by atoms with E-state index in [1.165, 1.54) is 0 Å². The molecule has 0 aliphatic rings. The Kier molecular flexibility index (Phi) is 3.19. The van der Waals surface area contributed by atoms with Crippen LogP contribution in [0, 0.1) is 0 Å². The van der Waals surface area contributed by atoms with Gasteiger partial charge in [-0.25, -0.2) is 0 Å². The van der Waals surface area contributed by atoms with Gasteiger partial charge in [0.05, 0.1) is 14.2 Å². The minimum atomic E-state index is 0.780. The quantitative estimate of drug-likeness (QED) is 0.487. The lowest BCUT2D eigenvalue weighted by molar-refractivity contribution is 0.251. The van der Waals surface area contributed by atoms with Crippen LogP contribution in [0.3, 0.4) is 0 Å². The average molecular weight is 102 g/mol. The summed E-state index contributed by atoms with van der Waals surface area (Å²) >= 11 is 0. The molecule has 2 heteroatoms. The van der Waals surface area contributed by atoms with Gasteiger partial charge < -0.3 is 9.47 Å². The number of allylic oxidation sites excluding steroid dienone is 1. The first-order chi connectivity index (χ1) is 3.31. The number of ether oxygens (including phenoxy) is 2. The van der Waals surface area contributed by atoms with Gasteiger partial charge in [0, 0.05) is 0 Å². The highest BCUT2D eigenvalue weighted by atomic mass is 16.5. The third-order valence-electron chi connectivity index (χ3n) is 0.606. The molecule has 0 rings (SSSR count). The van der Waals surface area contributed by atoms with Gasteiger partial charge in [-0.1, -0.05) is 0 Å². The molecule has 0 amide bonds. The summed E-state index contributed by atoms with van der Waals surface area (Å²) in [4.78, 5) is 0. The molecule has 42 valence electrons. The van der Waals surface area contributed by atoms with Crippen LogP contribution in [0.1, 0.15) is 6.92 Å². The molecule has 0 radical (unpaired) electrons. The molecule has 7 heavy (non-hydrogen) atoms. The predicted octanol–water partition coefficient (Wildman–Crippen LogP) is 1.14. The molecular weight excluding hydrogens is 92.1 g/mol. The Labute approximate surface area is 43.7 Å². The SMILES string of the molecule is COC=C(C)OC. The van der Waals surface area contributed by atoms with E-state index in [4.69, 9.17) is 4.74 Å². The van der Waals surface area contributed by atoms with Gasteiger partial charge in [0.2, 0.25) is 0 Å². The molecule has 0 aliphatic carbocycles. The van der Waals surface area contributed by atoms with E-state index in [-0.39, 0.29) is 0 Å². The van der Waals surface area contributed by atoms with Gasteiger partial charge >= 0.3 is 0 Å². The first kappa shape index (κ1) is 6.34. The number of methoxy groups -OCH3 is 2. The van der Waals surface area contributed by atoms with Gasteiger partial charge in [-0.3, -0.25) is 0 Å². The van der Waals surface area contributed by atoms with Gasteiger partial charge in [0.25, 0.3) is 0 Å². The maximum absolute atomic E-state index is 4.73. The van der Waals surface area contributed by atoms with E-state index in [1.54, 1.807) is 20.5 Å². The average Bonchev–Trinajstić information content (AvgIpc) is 1.68. The Morgan fingerprint density at radius 3 is 2.14 bits per heavy atom. The normalized spacial score (nSPS) is 11.0. The summed E-state index contributed by atoms with van der Waals surface area (Å²) in [5.41, 5.74) is 0. The van der Waals surface area contributed by atoms with Crippen molar-refractivity contribution in [1.29, 1.82) is 0 Å². The van der Waals surface area contributed by atoms with Crippen molar-refractivity contribution in [2.75, 3.05) is 14.2 Å². The van der Waals surface area contributed by atoms with Gasteiger partial charge in [-0.2, -0.15) is 0 Å². The third kappa shape index (κ3) is 3.16. The molecule has 0 heterocycles. The van der Waals surface area contributed by atoms with Crippen LogP contribution in [0.4, 0.5) is 0 Å². The second kappa shape index (κ2) is 3.53. The Hall–Kier alpha value is -0.660. The number of rotatable bonds is 2. The molecule has 0 spiro atoms. The summed E-state index contributed by atoms with van der Waals surface area (Å²) in [5.74, 6) is 0.780. The molecule has 0 bridgehead atoms. The minimum Gasteiger partial charge on any atom is -0.501 e. The van der Waals surface area contributed by atoms with Crippen molar-refractivity contribution in [3.63, 3.8) is 0 Å². The van der Waals surface area contributed by atoms with Crippen LogP contribution in [0.25, 0.3) is 0 Å². The number of hydrogen-bond donors (Lipinski definition) is 0. The van der Waals surface area contributed by atoms with Crippen LogP contribution in [-0.2, 0) is 9.47 Å². The zero-order chi connectivity index (χ0) is 5.70. The maximum Gasteiger partial charge on any atom is 0.127 e. The highest BCUT2D eigenvalue weighted by Gasteiger charge is 1.77. The zero-order valence-corrected chi connectivity index (χ0v) is 4.89. The Bertz CT molecular complexity index is 66.5. The first-order valence-corrected chi connectivity index (χ1v) is 2.04. The Morgan fingerprint density at radius 1 is 1.43 bits per heavy atom. The van der Waals surface area contributed by atoms with E-state index in [0.717, 1.165) is 5.76 Å². The minimum absolute atomic E-state index is 0.780. The summed E-state index contributed by atoms with van der Waals surface area (Å²) in [6.45, 7) is 1.82. The Balaban J connectivity index is 3.29. The fraction of sp³-hybridized carbons (Fsp3) is 0.600. The van der Waals surface area contributed by atoms with Crippen LogP contribution in [-0.4, -0.2) is 14.2 Å². The van der Waals surface area contributed by atoms with Crippen molar-refractivity contribution < 1.29 is 9.47 Å². The fourth-order valence-electron chi connectivity index (χ4n) is 0.214. The lowest BCUT2D eigenvalue weighted by Gasteiger charge is -1.94. The molecule has 0 saturated carbocycles. The van der Waals surface area contributed by atoms with Gasteiger partial charge in [-0.15, -0.1) is 0 Å². The van der Waals surface area contributed by atoms with Crippen LogP contribution in [0.5, 0.6) is 0 Å². The van der Waals surface area contributed by atoms with Crippen molar-refractivity contribution in [1.82, 2.24) is 0 Å². The maximum atomic E-state index is 4.73. The molecular formula is C5H10O2. The van der Waals surface area contributed by atoms with E-state index in [0.29, 0.717) is 0 Å². The molecule has 0 fully saturated rings. The second-order valence-corrected chi connectivity index (χ2v) is 1.17. The van der Waals surface area contributed by atoms with Gasteiger partial charge in [0.15, 0.2) is 0 Å². The van der Waals surface area contributed by atoms with Crippen LogP contribution >= 0.6 is 0 Å². The molecule has 0 aromatic rings. The summed E-state index contributed by atoms with van der Waals surface area (Å²) in [6, 6.07) is 0. The lowest BCUT2D eigenvalue weighted by Crippen LogP contribution is -1.78. The second-order valence-electron chi connectivity index (χ2n) is 1.17. The summed E-state index contributed by atoms with van der Waals surface area (Å²) in [7, 11) is 3.19. The van der Waals surface area contributed by atoms with E-state index < -0.39 is 0 Å². The number of hydrogen-bond acceptors (Lipinski definition) is 2. The summed E-state index contributed by atoms with van der Waals surface area (Å²) in [6.07, 6.45) is 1.54. The lowest BCUT2D eigenvalue weighted by atomic mass is 10.6. The van der Waals surface area contributed by atoms with E-state index in [2.05, 4.69) is 4.74 Å². The Morgan fingerprint density at radius 2 is 2.00 bits per heavy atom. The van der Waals surface area contributed by atoms with E-state index in [9.17, 15) is 0 Å². The van der Waals surface area contributed by atoms with Crippen LogP contribution in [0.15, 0.2) is 12.0 Å². The van der Waals surface area contributed by atoms with E-state index in [1.807, 2.05) is 6.92 Å². The summed E-state index contributed by atoms with van der Waals surface area (Å²) in [5, 5.41) is 0. The topological polar surface area (TPSA) is 18.5 Å². The first-order valence-electron chi connectivity index (χ1n) is 2.04. The molecule has 0 aromatic heterocycles. The highest BCUT2D eigenvalue weighted by Crippen LogP contribution is 1.89. The molecule has 0 saturated heterocycles. The molecule has 0 aliphatic heterocycles. The van der Waals surface area contributed by atoms with Crippen molar-refractivity contribution in [2.45, 2.75) is 6.92 Å². The monoisotopic (exact) mass is 102 g/mol. The summed E-state index contributed by atoms with van der Waals surface area (Å²) < 4.78 is 9.33. The van der Waals surface area contributed by atoms with Crippen molar-refractivity contribution in [3.8, 4) is 0 Å². The molecule has 0 aromatic carbocycles. The standard InChI is InChI=1S/C5H10O2/c1-5(7-3)4-6-2/h4H,1-3H3. The van der Waals surface area contributed by atoms with Crippen LogP contribution < -0.4 is 0 Å². The highest BCUT2D eigenvalue weighted by molar-refractivity contribution is 4.79. The fourth-order valence-corrected chi connectivity index (χ4v) is 0.214. The van der Waals surface area contributed by atoms with E-state index >= 15 is 0 Å². The van der Waals surface area contributed by atoms with Crippen molar-refractivity contribution in [2.24, 2.45) is 0 Å². The van der Waals surface area contributed by atoms with Crippen molar-refractivity contribution >= 4 is 0 Å². The van der Waals surface area contributed by atoms with Crippen LogP contribution in [0.2, 0.25) is 0 Å². The zero-order valence-electron chi connectivity index (χ0n) is 4.89. The van der Waals surface area contributed by atoms with Gasteiger partial charge in [-0.05, 0) is 6.92 Å². The smallest absolute Gasteiger partial charge is 0.127 e.